The second-order valence-corrected chi connectivity index (χ2v) is 7.58. The Labute approximate surface area is 184 Å². The van der Waals surface area contributed by atoms with Gasteiger partial charge in [-0.3, -0.25) is 14.6 Å². The van der Waals surface area contributed by atoms with E-state index in [2.05, 4.69) is 15.1 Å². The molecule has 3 aromatic rings. The van der Waals surface area contributed by atoms with Crippen molar-refractivity contribution < 1.29 is 13.5 Å². The quantitative estimate of drug-likeness (QED) is 0.578. The molecule has 1 fully saturated rings. The average molecular weight is 456 g/mol. The van der Waals surface area contributed by atoms with Crippen molar-refractivity contribution in [2.24, 2.45) is 7.05 Å². The number of anilines is 1. The van der Waals surface area contributed by atoms with E-state index in [1.807, 2.05) is 6.07 Å². The van der Waals surface area contributed by atoms with Crippen molar-refractivity contribution in [3.8, 4) is 17.3 Å². The van der Waals surface area contributed by atoms with Gasteiger partial charge in [0.1, 0.15) is 17.5 Å². The van der Waals surface area contributed by atoms with E-state index in [4.69, 9.17) is 10.00 Å². The van der Waals surface area contributed by atoms with Gasteiger partial charge < -0.3 is 14.6 Å². The van der Waals surface area contributed by atoms with Crippen molar-refractivity contribution in [3.05, 3.63) is 78.8 Å². The Hall–Kier alpha value is -4.11. The molecule has 1 atom stereocenters. The monoisotopic (exact) mass is 456 g/mol. The number of nitrogens with one attached hydrogen (secondary N) is 2. The average Bonchev–Trinajstić information content (AvgIpc) is 3.08. The van der Waals surface area contributed by atoms with Crippen LogP contribution in [-0.2, 0) is 18.4 Å². The van der Waals surface area contributed by atoms with Crippen LogP contribution in [0.25, 0.3) is 11.3 Å². The van der Waals surface area contributed by atoms with Crippen LogP contribution < -0.4 is 21.7 Å². The highest BCUT2D eigenvalue weighted by atomic mass is 19.3. The molecule has 1 saturated heterocycles. The van der Waals surface area contributed by atoms with Gasteiger partial charge in [0.05, 0.1) is 36.9 Å². The lowest BCUT2D eigenvalue weighted by atomic mass is 10.1. The third kappa shape index (κ3) is 4.44. The van der Waals surface area contributed by atoms with Crippen LogP contribution in [0.3, 0.4) is 0 Å². The summed E-state index contributed by atoms with van der Waals surface area (Å²) >= 11 is 0. The first-order valence-corrected chi connectivity index (χ1v) is 9.82. The summed E-state index contributed by atoms with van der Waals surface area (Å²) in [5, 5.41) is 12.9. The maximum absolute atomic E-state index is 14.7. The van der Waals surface area contributed by atoms with Crippen molar-refractivity contribution >= 4 is 5.69 Å². The van der Waals surface area contributed by atoms with Crippen LogP contribution in [-0.4, -0.2) is 44.9 Å². The molecule has 10 nitrogen and oxygen atoms in total. The molecular formula is C21H18F2N6O4. The highest BCUT2D eigenvalue weighted by Crippen LogP contribution is 2.33. The molecular weight excluding hydrogens is 438 g/mol. The molecule has 0 amide bonds. The largest absolute Gasteiger partial charge is 0.365 e. The van der Waals surface area contributed by atoms with Crippen molar-refractivity contribution in [3.63, 3.8) is 0 Å². The highest BCUT2D eigenvalue weighted by Gasteiger charge is 2.49. The van der Waals surface area contributed by atoms with Gasteiger partial charge in [-0.2, -0.15) is 10.4 Å². The number of aromatic amines is 2. The van der Waals surface area contributed by atoms with Gasteiger partial charge in [-0.1, -0.05) is 12.1 Å². The standard InChI is InChI=1S/C21H18F2N6O4/c1-28-19(31)16(6-15(27-28)14-8-25-20(32)26-18(14)30)29-9-17(21(22,23)11-29)33-10-13-4-2-12(7-24)3-5-13/h2-6,8,17H,9-11H2,1H3,(H2,25,26,30,32). The molecule has 2 N–H and O–H groups in total. The number of ether oxygens (including phenoxy) is 1. The minimum atomic E-state index is -3.24. The van der Waals surface area contributed by atoms with Gasteiger partial charge in [-0.05, 0) is 23.8 Å². The topological polar surface area (TPSA) is 137 Å². The fourth-order valence-corrected chi connectivity index (χ4v) is 3.54. The van der Waals surface area contributed by atoms with E-state index in [9.17, 15) is 23.2 Å². The number of aryl methyl sites for hydroxylation is 1. The first-order valence-electron chi connectivity index (χ1n) is 9.82. The van der Waals surface area contributed by atoms with Crippen molar-refractivity contribution in [1.29, 1.82) is 5.26 Å². The molecule has 0 aliphatic carbocycles. The lowest BCUT2D eigenvalue weighted by Crippen LogP contribution is -2.34. The number of rotatable bonds is 5. The minimum Gasteiger partial charge on any atom is -0.365 e. The fraction of sp³-hybridized carbons (Fsp3) is 0.286. The number of halogens is 2. The SMILES string of the molecule is Cn1nc(-c2c[nH]c(=O)[nH]c2=O)cc(N2CC(OCc3ccc(C#N)cc3)C(F)(F)C2)c1=O. The molecule has 170 valence electrons. The summed E-state index contributed by atoms with van der Waals surface area (Å²) in [4.78, 5) is 41.6. The molecule has 0 spiro atoms. The molecule has 1 aliphatic heterocycles. The molecule has 1 aromatic carbocycles. The number of benzene rings is 1. The summed E-state index contributed by atoms with van der Waals surface area (Å²) in [6.07, 6.45) is -0.342. The van der Waals surface area contributed by atoms with Crippen LogP contribution in [0.5, 0.6) is 0 Å². The van der Waals surface area contributed by atoms with E-state index in [-0.39, 0.29) is 30.1 Å². The third-order valence-electron chi connectivity index (χ3n) is 5.27. The van der Waals surface area contributed by atoms with Gasteiger partial charge in [0, 0.05) is 13.2 Å². The van der Waals surface area contributed by atoms with Crippen molar-refractivity contribution in [2.75, 3.05) is 18.0 Å². The zero-order chi connectivity index (χ0) is 23.8. The summed E-state index contributed by atoms with van der Waals surface area (Å²) in [7, 11) is 1.34. The number of hydrogen-bond acceptors (Lipinski definition) is 7. The van der Waals surface area contributed by atoms with Gasteiger partial charge in [0.25, 0.3) is 17.0 Å². The fourth-order valence-electron chi connectivity index (χ4n) is 3.54. The Morgan fingerprint density at radius 2 is 2.00 bits per heavy atom. The summed E-state index contributed by atoms with van der Waals surface area (Å²) in [6.45, 7) is -1.11. The summed E-state index contributed by atoms with van der Waals surface area (Å²) in [5.74, 6) is -3.24. The Bertz CT molecular complexity index is 1400. The Morgan fingerprint density at radius 3 is 2.67 bits per heavy atom. The van der Waals surface area contributed by atoms with Gasteiger partial charge in [0.2, 0.25) is 0 Å². The smallest absolute Gasteiger partial charge is 0.325 e. The van der Waals surface area contributed by atoms with Crippen LogP contribution in [0.4, 0.5) is 14.5 Å². The molecule has 1 unspecified atom stereocenters. The highest BCUT2D eigenvalue weighted by molar-refractivity contribution is 5.62. The van der Waals surface area contributed by atoms with Gasteiger partial charge in [0.15, 0.2) is 0 Å². The second kappa shape index (κ2) is 8.44. The Kier molecular flexibility index (Phi) is 5.65. The Balaban J connectivity index is 1.59. The number of alkyl halides is 2. The minimum absolute atomic E-state index is 0.0222. The number of nitrogens with zero attached hydrogens (tertiary/aromatic N) is 4. The zero-order valence-electron chi connectivity index (χ0n) is 17.3. The first-order chi connectivity index (χ1) is 15.7. The normalized spacial score (nSPS) is 17.2. The summed E-state index contributed by atoms with van der Waals surface area (Å²) < 4.78 is 35.8. The predicted octanol–water partition coefficient (Wildman–Crippen LogP) is 0.736. The van der Waals surface area contributed by atoms with Crippen molar-refractivity contribution in [2.45, 2.75) is 18.6 Å². The van der Waals surface area contributed by atoms with Crippen LogP contribution in [0.2, 0.25) is 0 Å². The molecule has 12 heteroatoms. The Morgan fingerprint density at radius 1 is 1.27 bits per heavy atom. The number of hydrogen-bond donors (Lipinski definition) is 2. The summed E-state index contributed by atoms with van der Waals surface area (Å²) in [5.41, 5.74) is -1.05. The van der Waals surface area contributed by atoms with E-state index in [0.717, 1.165) is 10.9 Å². The predicted molar refractivity (Wildman–Crippen MR) is 113 cm³/mol. The lowest BCUT2D eigenvalue weighted by molar-refractivity contribution is -0.110. The molecule has 3 heterocycles. The molecule has 0 radical (unpaired) electrons. The van der Waals surface area contributed by atoms with E-state index in [1.54, 1.807) is 24.3 Å². The van der Waals surface area contributed by atoms with Gasteiger partial charge >= 0.3 is 5.69 Å². The molecule has 2 aromatic heterocycles. The zero-order valence-corrected chi connectivity index (χ0v) is 17.3. The van der Waals surface area contributed by atoms with Crippen LogP contribution in [0.15, 0.2) is 50.9 Å². The second-order valence-electron chi connectivity index (χ2n) is 7.58. The molecule has 33 heavy (non-hydrogen) atoms. The van der Waals surface area contributed by atoms with Gasteiger partial charge in [-0.15, -0.1) is 0 Å². The number of aromatic nitrogens is 4. The van der Waals surface area contributed by atoms with E-state index < -0.39 is 35.4 Å². The van der Waals surface area contributed by atoms with Crippen LogP contribution in [0, 0.1) is 11.3 Å². The van der Waals surface area contributed by atoms with Gasteiger partial charge in [-0.25, -0.2) is 18.3 Å². The third-order valence-corrected chi connectivity index (χ3v) is 5.27. The molecule has 1 aliphatic rings. The number of nitriles is 1. The van der Waals surface area contributed by atoms with E-state index >= 15 is 0 Å². The van der Waals surface area contributed by atoms with E-state index in [1.165, 1.54) is 18.0 Å². The van der Waals surface area contributed by atoms with E-state index in [0.29, 0.717) is 11.1 Å². The van der Waals surface area contributed by atoms with Crippen molar-refractivity contribution in [1.82, 2.24) is 19.7 Å². The maximum atomic E-state index is 14.7. The summed E-state index contributed by atoms with van der Waals surface area (Å²) in [6, 6.07) is 9.60. The lowest BCUT2D eigenvalue weighted by Gasteiger charge is -2.18. The molecule has 0 saturated carbocycles. The maximum Gasteiger partial charge on any atom is 0.325 e. The van der Waals surface area contributed by atoms with Crippen LogP contribution in [0.1, 0.15) is 11.1 Å². The first kappa shape index (κ1) is 22.1. The molecule has 4 rings (SSSR count). The number of H-pyrrole nitrogens is 2. The van der Waals surface area contributed by atoms with Crippen LogP contribution >= 0.6 is 0 Å². The molecule has 0 bridgehead atoms.